The molecule has 0 aromatic carbocycles. The molecule has 2 rings (SSSR count). The van der Waals surface area contributed by atoms with Crippen molar-refractivity contribution in [3.8, 4) is 0 Å². The summed E-state index contributed by atoms with van der Waals surface area (Å²) in [7, 11) is 0. The van der Waals surface area contributed by atoms with Crippen molar-refractivity contribution in [2.24, 2.45) is 0 Å². The van der Waals surface area contributed by atoms with E-state index < -0.39 is 11.7 Å². The van der Waals surface area contributed by atoms with Gasteiger partial charge in [-0.05, 0) is 18.6 Å². The van der Waals surface area contributed by atoms with E-state index in [9.17, 15) is 13.2 Å². The molecule has 5 heteroatoms. The summed E-state index contributed by atoms with van der Waals surface area (Å²) in [5.74, 6) is 0.703. The van der Waals surface area contributed by atoms with E-state index in [0.29, 0.717) is 23.6 Å². The number of aryl methyl sites for hydroxylation is 1. The van der Waals surface area contributed by atoms with Crippen molar-refractivity contribution >= 4 is 12.2 Å². The highest BCUT2D eigenvalue weighted by Crippen LogP contribution is 2.32. The van der Waals surface area contributed by atoms with Crippen LogP contribution in [0.4, 0.5) is 13.2 Å². The van der Waals surface area contributed by atoms with Crippen LogP contribution >= 0.6 is 0 Å². The van der Waals surface area contributed by atoms with Gasteiger partial charge in [-0.3, -0.25) is 0 Å². The van der Waals surface area contributed by atoms with Crippen LogP contribution in [-0.2, 0) is 6.42 Å². The molecule has 1 aliphatic rings. The van der Waals surface area contributed by atoms with Gasteiger partial charge in [0.2, 0.25) is 0 Å². The summed E-state index contributed by atoms with van der Waals surface area (Å²) < 4.78 is 37.7. The standard InChI is InChI=1S/C11H11F3N2/c1-2-10-15-8-5-3-4-7(11(12,13)14)6-9(8)16-10/h3,5-6H,2,4H2,1H3,(H,15,16). The van der Waals surface area contributed by atoms with E-state index in [1.807, 2.05) is 6.92 Å². The number of fused-ring (bicyclic) bond motifs is 1. The molecule has 2 nitrogen and oxygen atoms in total. The number of imidazole rings is 1. The molecular formula is C11H11F3N2. The largest absolute Gasteiger partial charge is 0.413 e. The number of halogens is 3. The molecule has 0 saturated heterocycles. The Hall–Kier alpha value is -1.52. The molecule has 86 valence electrons. The number of hydrogen-bond acceptors (Lipinski definition) is 1. The molecule has 0 amide bonds. The van der Waals surface area contributed by atoms with Gasteiger partial charge in [-0.25, -0.2) is 4.98 Å². The van der Waals surface area contributed by atoms with Crippen LogP contribution in [0.1, 0.15) is 30.6 Å². The quantitative estimate of drug-likeness (QED) is 0.784. The predicted molar refractivity (Wildman–Crippen MR) is 55.6 cm³/mol. The fourth-order valence-electron chi connectivity index (χ4n) is 1.59. The van der Waals surface area contributed by atoms with Gasteiger partial charge in [0.1, 0.15) is 5.82 Å². The van der Waals surface area contributed by atoms with E-state index in [2.05, 4.69) is 9.97 Å². The lowest BCUT2D eigenvalue weighted by atomic mass is 10.1. The van der Waals surface area contributed by atoms with Gasteiger partial charge in [-0.15, -0.1) is 0 Å². The maximum atomic E-state index is 12.6. The fraction of sp³-hybridized carbons (Fsp3) is 0.364. The lowest BCUT2D eigenvalue weighted by Gasteiger charge is -2.08. The molecule has 0 fully saturated rings. The Balaban J connectivity index is 2.45. The summed E-state index contributed by atoms with van der Waals surface area (Å²) in [5, 5.41) is 0. The number of hydrogen-bond donors (Lipinski definition) is 1. The molecule has 0 atom stereocenters. The Kier molecular flexibility index (Phi) is 2.61. The molecule has 1 aliphatic carbocycles. The summed E-state index contributed by atoms with van der Waals surface area (Å²) in [5.41, 5.74) is 0.475. The van der Waals surface area contributed by atoms with E-state index >= 15 is 0 Å². The second-order valence-corrected chi connectivity index (χ2v) is 3.61. The maximum Gasteiger partial charge on any atom is 0.413 e. The number of alkyl halides is 3. The fourth-order valence-corrected chi connectivity index (χ4v) is 1.59. The smallest absolute Gasteiger partial charge is 0.342 e. The molecule has 1 aromatic rings. The normalized spacial score (nSPS) is 15.6. The van der Waals surface area contributed by atoms with Crippen molar-refractivity contribution in [1.29, 1.82) is 0 Å². The van der Waals surface area contributed by atoms with Crippen LogP contribution in [0.25, 0.3) is 12.2 Å². The molecule has 1 aromatic heterocycles. The molecule has 1 heterocycles. The summed E-state index contributed by atoms with van der Waals surface area (Å²) in [6.45, 7) is 1.90. The second kappa shape index (κ2) is 3.81. The van der Waals surface area contributed by atoms with Crippen molar-refractivity contribution in [2.75, 3.05) is 0 Å². The molecule has 0 aliphatic heterocycles. The van der Waals surface area contributed by atoms with Crippen molar-refractivity contribution in [3.05, 3.63) is 28.9 Å². The molecule has 0 spiro atoms. The van der Waals surface area contributed by atoms with Gasteiger partial charge in [-0.1, -0.05) is 13.0 Å². The van der Waals surface area contributed by atoms with E-state index in [4.69, 9.17) is 0 Å². The van der Waals surface area contributed by atoms with Crippen molar-refractivity contribution in [3.63, 3.8) is 0 Å². The average Bonchev–Trinajstić information content (AvgIpc) is 2.48. The van der Waals surface area contributed by atoms with Gasteiger partial charge in [0.05, 0.1) is 11.4 Å². The van der Waals surface area contributed by atoms with E-state index in [1.165, 1.54) is 6.08 Å². The van der Waals surface area contributed by atoms with Gasteiger partial charge in [-0.2, -0.15) is 13.2 Å². The van der Waals surface area contributed by atoms with Gasteiger partial charge < -0.3 is 4.98 Å². The number of aromatic amines is 1. The highest BCUT2D eigenvalue weighted by atomic mass is 19.4. The van der Waals surface area contributed by atoms with Crippen LogP contribution in [0.5, 0.6) is 0 Å². The third kappa shape index (κ3) is 2.03. The molecule has 1 N–H and O–H groups in total. The van der Waals surface area contributed by atoms with Crippen molar-refractivity contribution < 1.29 is 13.2 Å². The third-order valence-electron chi connectivity index (χ3n) is 2.44. The van der Waals surface area contributed by atoms with Crippen LogP contribution in [-0.4, -0.2) is 16.1 Å². The summed E-state index contributed by atoms with van der Waals surface area (Å²) >= 11 is 0. The molecule has 0 unspecified atom stereocenters. The van der Waals surface area contributed by atoms with Gasteiger partial charge >= 0.3 is 6.18 Å². The van der Waals surface area contributed by atoms with Gasteiger partial charge in [0, 0.05) is 12.0 Å². The number of nitrogens with zero attached hydrogens (tertiary/aromatic N) is 1. The second-order valence-electron chi connectivity index (χ2n) is 3.61. The predicted octanol–water partition coefficient (Wildman–Crippen LogP) is 3.33. The molecule has 0 radical (unpaired) electrons. The van der Waals surface area contributed by atoms with E-state index in [1.54, 1.807) is 6.08 Å². The van der Waals surface area contributed by atoms with Crippen LogP contribution in [0.2, 0.25) is 0 Å². The first-order valence-electron chi connectivity index (χ1n) is 5.04. The first-order chi connectivity index (χ1) is 7.50. The minimum Gasteiger partial charge on any atom is -0.342 e. The first-order valence-corrected chi connectivity index (χ1v) is 5.04. The number of H-pyrrole nitrogens is 1. The van der Waals surface area contributed by atoms with E-state index in [0.717, 1.165) is 6.08 Å². The Morgan fingerprint density at radius 1 is 1.44 bits per heavy atom. The lowest BCUT2D eigenvalue weighted by molar-refractivity contribution is -0.0919. The molecular weight excluding hydrogens is 217 g/mol. The zero-order valence-corrected chi connectivity index (χ0v) is 8.73. The number of rotatable bonds is 1. The van der Waals surface area contributed by atoms with Crippen LogP contribution < -0.4 is 0 Å². The van der Waals surface area contributed by atoms with Crippen LogP contribution in [0.15, 0.2) is 11.6 Å². The minimum atomic E-state index is -4.27. The molecule has 16 heavy (non-hydrogen) atoms. The van der Waals surface area contributed by atoms with Crippen molar-refractivity contribution in [1.82, 2.24) is 9.97 Å². The number of allylic oxidation sites excluding steroid dienone is 2. The zero-order chi connectivity index (χ0) is 11.8. The summed E-state index contributed by atoms with van der Waals surface area (Å²) in [6, 6.07) is 0. The van der Waals surface area contributed by atoms with Gasteiger partial charge in [0.25, 0.3) is 0 Å². The Bertz CT molecular complexity index is 452. The highest BCUT2D eigenvalue weighted by Gasteiger charge is 2.33. The SMILES string of the molecule is CCc1nc2c([nH]1)C=C(C(F)(F)F)CC=C2. The third-order valence-corrected chi connectivity index (χ3v) is 2.44. The highest BCUT2D eigenvalue weighted by molar-refractivity contribution is 5.65. The average molecular weight is 228 g/mol. The van der Waals surface area contributed by atoms with E-state index in [-0.39, 0.29) is 6.42 Å². The molecule has 0 bridgehead atoms. The Morgan fingerprint density at radius 3 is 2.81 bits per heavy atom. The monoisotopic (exact) mass is 228 g/mol. The zero-order valence-electron chi connectivity index (χ0n) is 8.73. The lowest BCUT2D eigenvalue weighted by Crippen LogP contribution is -2.10. The topological polar surface area (TPSA) is 28.7 Å². The molecule has 0 saturated carbocycles. The minimum absolute atomic E-state index is 0.102. The maximum absolute atomic E-state index is 12.6. The van der Waals surface area contributed by atoms with Crippen LogP contribution in [0, 0.1) is 0 Å². The summed E-state index contributed by atoms with van der Waals surface area (Å²) in [4.78, 5) is 7.08. The van der Waals surface area contributed by atoms with Crippen molar-refractivity contribution in [2.45, 2.75) is 25.9 Å². The summed E-state index contributed by atoms with van der Waals surface area (Å²) in [6.07, 6.45) is 0.557. The Labute approximate surface area is 90.9 Å². The number of aromatic nitrogens is 2. The first kappa shape index (κ1) is 11.0. The number of nitrogens with one attached hydrogen (secondary N) is 1. The van der Waals surface area contributed by atoms with Crippen LogP contribution in [0.3, 0.4) is 0 Å². The van der Waals surface area contributed by atoms with Gasteiger partial charge in [0.15, 0.2) is 0 Å². The Morgan fingerprint density at radius 2 is 2.19 bits per heavy atom.